The first kappa shape index (κ1) is 29.9. The standard InChI is InChI=1S/C31H45NO6S2/c1-17(2)29(25-8-9-27(39-25)40(36,37)38)32-26(35)14-18(3)21-6-7-22-28-23(11-13-31(21,22)5)30(4)12-10-20(33)15-19(30)16-24(28)34/h8-9,17-19,21-23,28-29H,6-7,10-16H2,1-5H3,(H,32,35)(H,36,37,38)/t18-,19+,21-,22+,23+,28+,29-,30+,31-/m1/s1. The Balaban J connectivity index is 1.28. The molecule has 1 aromatic heterocycles. The number of fused-ring (bicyclic) bond motifs is 5. The Hall–Kier alpha value is -1.58. The van der Waals surface area contributed by atoms with Crippen LogP contribution in [0.4, 0.5) is 0 Å². The highest BCUT2D eigenvalue weighted by molar-refractivity contribution is 7.88. The van der Waals surface area contributed by atoms with Crippen LogP contribution in [0.5, 0.6) is 0 Å². The molecule has 5 rings (SSSR count). The summed E-state index contributed by atoms with van der Waals surface area (Å²) < 4.78 is 32.4. The highest BCUT2D eigenvalue weighted by Crippen LogP contribution is 2.67. The Labute approximate surface area is 243 Å². The fourth-order valence-corrected chi connectivity index (χ4v) is 11.5. The van der Waals surface area contributed by atoms with Crippen LogP contribution in [0.1, 0.15) is 103 Å². The van der Waals surface area contributed by atoms with E-state index in [0.717, 1.165) is 43.4 Å². The van der Waals surface area contributed by atoms with Crippen molar-refractivity contribution in [2.24, 2.45) is 52.3 Å². The summed E-state index contributed by atoms with van der Waals surface area (Å²) in [6.07, 6.45) is 7.24. The van der Waals surface area contributed by atoms with Gasteiger partial charge in [-0.05, 0) is 90.6 Å². The first-order valence-electron chi connectivity index (χ1n) is 15.1. The van der Waals surface area contributed by atoms with E-state index in [4.69, 9.17) is 0 Å². The molecule has 0 unspecified atom stereocenters. The molecule has 4 aliphatic carbocycles. The lowest BCUT2D eigenvalue weighted by atomic mass is 9.44. The zero-order valence-electron chi connectivity index (χ0n) is 24.4. The van der Waals surface area contributed by atoms with E-state index >= 15 is 0 Å². The van der Waals surface area contributed by atoms with Crippen LogP contribution >= 0.6 is 11.3 Å². The van der Waals surface area contributed by atoms with Crippen molar-refractivity contribution in [2.75, 3.05) is 0 Å². The first-order valence-corrected chi connectivity index (χ1v) is 17.3. The van der Waals surface area contributed by atoms with Gasteiger partial charge in [0.1, 0.15) is 15.8 Å². The molecule has 4 aliphatic rings. The van der Waals surface area contributed by atoms with E-state index in [1.54, 1.807) is 6.07 Å². The molecule has 4 fully saturated rings. The highest BCUT2D eigenvalue weighted by Gasteiger charge is 2.63. The summed E-state index contributed by atoms with van der Waals surface area (Å²) in [6.45, 7) is 10.9. The zero-order valence-corrected chi connectivity index (χ0v) is 26.1. The Bertz CT molecular complexity index is 1290. The summed E-state index contributed by atoms with van der Waals surface area (Å²) in [4.78, 5) is 39.9. The SMILES string of the molecule is CC(C)[C@@H](NC(=O)C[C@@H](C)[C@H]1CC[C@H]2[C@@H]3C(=O)C[C@@H]4CC(=O)CC[C@]4(C)[C@H]3CC[C@]12C)c1ccc(S(=O)(=O)O)s1. The van der Waals surface area contributed by atoms with Crippen molar-refractivity contribution in [3.63, 3.8) is 0 Å². The molecular formula is C31H45NO6S2. The third-order valence-electron chi connectivity index (χ3n) is 11.7. The molecule has 0 aliphatic heterocycles. The number of carbonyl (C=O) groups is 3. The summed E-state index contributed by atoms with van der Waals surface area (Å²) in [6, 6.07) is 2.71. The molecule has 0 saturated heterocycles. The average molecular weight is 592 g/mol. The van der Waals surface area contributed by atoms with E-state index in [1.165, 1.54) is 6.07 Å². The van der Waals surface area contributed by atoms with Crippen LogP contribution in [-0.2, 0) is 24.5 Å². The number of amides is 1. The lowest BCUT2D eigenvalue weighted by Gasteiger charge is -2.59. The fraction of sp³-hybridized carbons (Fsp3) is 0.774. The second-order valence-corrected chi connectivity index (χ2v) is 16.9. The average Bonchev–Trinajstić information content (AvgIpc) is 3.48. The van der Waals surface area contributed by atoms with Crippen molar-refractivity contribution in [1.29, 1.82) is 0 Å². The molecule has 1 aromatic rings. The van der Waals surface area contributed by atoms with Crippen LogP contribution < -0.4 is 5.32 Å². The maximum absolute atomic E-state index is 13.6. The molecule has 2 N–H and O–H groups in total. The van der Waals surface area contributed by atoms with Gasteiger partial charge in [-0.1, -0.05) is 34.6 Å². The number of rotatable bonds is 7. The second-order valence-electron chi connectivity index (χ2n) is 14.2. The summed E-state index contributed by atoms with van der Waals surface area (Å²) in [5.74, 6) is 2.22. The van der Waals surface area contributed by atoms with Crippen molar-refractivity contribution >= 4 is 38.9 Å². The third kappa shape index (κ3) is 5.13. The molecule has 0 radical (unpaired) electrons. The van der Waals surface area contributed by atoms with Crippen molar-refractivity contribution in [3.05, 3.63) is 17.0 Å². The molecule has 40 heavy (non-hydrogen) atoms. The molecule has 4 saturated carbocycles. The van der Waals surface area contributed by atoms with Gasteiger partial charge in [0.2, 0.25) is 5.91 Å². The molecule has 9 atom stereocenters. The Morgan fingerprint density at radius 3 is 2.40 bits per heavy atom. The lowest BCUT2D eigenvalue weighted by Crippen LogP contribution is -2.57. The van der Waals surface area contributed by atoms with Gasteiger partial charge in [-0.15, -0.1) is 11.3 Å². The minimum absolute atomic E-state index is 0.0276. The maximum Gasteiger partial charge on any atom is 0.304 e. The smallest absolute Gasteiger partial charge is 0.304 e. The summed E-state index contributed by atoms with van der Waals surface area (Å²) in [5, 5.41) is 3.14. The number of Topliss-reactive ketones (excluding diaryl/α,β-unsaturated/α-hetero) is 2. The van der Waals surface area contributed by atoms with Crippen LogP contribution in [0.3, 0.4) is 0 Å². The minimum Gasteiger partial charge on any atom is -0.348 e. The molecule has 1 heterocycles. The minimum atomic E-state index is -4.28. The van der Waals surface area contributed by atoms with Crippen LogP contribution in [-0.4, -0.2) is 30.4 Å². The van der Waals surface area contributed by atoms with Gasteiger partial charge in [0.25, 0.3) is 0 Å². The molecule has 1 amide bonds. The number of hydrogen-bond acceptors (Lipinski definition) is 6. The van der Waals surface area contributed by atoms with E-state index < -0.39 is 10.1 Å². The van der Waals surface area contributed by atoms with Crippen molar-refractivity contribution in [2.45, 2.75) is 103 Å². The van der Waals surface area contributed by atoms with Gasteiger partial charge in [0.15, 0.2) is 0 Å². The predicted octanol–water partition coefficient (Wildman–Crippen LogP) is 6.24. The summed E-state index contributed by atoms with van der Waals surface area (Å²) >= 11 is 0.992. The Morgan fingerprint density at radius 2 is 1.75 bits per heavy atom. The molecule has 9 heteroatoms. The number of nitrogens with one attached hydrogen (secondary N) is 1. The van der Waals surface area contributed by atoms with Crippen molar-refractivity contribution < 1.29 is 27.4 Å². The van der Waals surface area contributed by atoms with Crippen molar-refractivity contribution in [1.82, 2.24) is 5.32 Å². The van der Waals surface area contributed by atoms with E-state index in [0.29, 0.717) is 59.9 Å². The molecule has 0 spiro atoms. The van der Waals surface area contributed by atoms with Crippen LogP contribution in [0.15, 0.2) is 16.3 Å². The largest absolute Gasteiger partial charge is 0.348 e. The molecule has 222 valence electrons. The van der Waals surface area contributed by atoms with Crippen molar-refractivity contribution in [3.8, 4) is 0 Å². The predicted molar refractivity (Wildman–Crippen MR) is 154 cm³/mol. The van der Waals surface area contributed by atoms with Gasteiger partial charge < -0.3 is 5.32 Å². The van der Waals surface area contributed by atoms with Gasteiger partial charge in [0.05, 0.1) is 6.04 Å². The third-order valence-corrected chi connectivity index (χ3v) is 14.2. The van der Waals surface area contributed by atoms with Gasteiger partial charge in [0, 0.05) is 36.5 Å². The van der Waals surface area contributed by atoms with Crippen LogP contribution in [0.25, 0.3) is 0 Å². The van der Waals surface area contributed by atoms with E-state index in [9.17, 15) is 27.4 Å². The summed E-state index contributed by atoms with van der Waals surface area (Å²) in [7, 11) is -4.28. The normalized spacial score (nSPS) is 37.4. The maximum atomic E-state index is 13.6. The van der Waals surface area contributed by atoms with Gasteiger partial charge in [-0.3, -0.25) is 18.9 Å². The fourth-order valence-electron chi connectivity index (χ4n) is 9.57. The molecular weight excluding hydrogens is 546 g/mol. The van der Waals surface area contributed by atoms with Crippen LogP contribution in [0.2, 0.25) is 0 Å². The topological polar surface area (TPSA) is 118 Å². The Morgan fingerprint density at radius 1 is 1.05 bits per heavy atom. The van der Waals surface area contributed by atoms with Gasteiger partial charge in [-0.2, -0.15) is 8.42 Å². The lowest BCUT2D eigenvalue weighted by molar-refractivity contribution is -0.159. The highest BCUT2D eigenvalue weighted by atomic mass is 32.3. The van der Waals surface area contributed by atoms with E-state index in [2.05, 4.69) is 26.1 Å². The Kier molecular flexibility index (Phi) is 7.92. The molecule has 0 bridgehead atoms. The monoisotopic (exact) mass is 591 g/mol. The number of carbonyl (C=O) groups excluding carboxylic acids is 3. The van der Waals surface area contributed by atoms with Gasteiger partial charge >= 0.3 is 10.1 Å². The molecule has 0 aromatic carbocycles. The second kappa shape index (κ2) is 10.6. The van der Waals surface area contributed by atoms with Crippen LogP contribution in [0, 0.1) is 52.3 Å². The summed E-state index contributed by atoms with van der Waals surface area (Å²) in [5.41, 5.74) is 0.111. The number of ketones is 2. The zero-order chi connectivity index (χ0) is 29.2. The number of hydrogen-bond donors (Lipinski definition) is 2. The quantitative estimate of drug-likeness (QED) is 0.363. The van der Waals surface area contributed by atoms with Gasteiger partial charge in [-0.25, -0.2) is 0 Å². The number of thiophene rings is 1. The van der Waals surface area contributed by atoms with E-state index in [1.807, 2.05) is 13.8 Å². The first-order chi connectivity index (χ1) is 18.6. The van der Waals surface area contributed by atoms with E-state index in [-0.39, 0.29) is 50.7 Å². The molecule has 7 nitrogen and oxygen atoms in total.